The molecule has 2 heterocycles. The molecule has 1 aromatic heterocycles. The van der Waals surface area contributed by atoms with E-state index in [2.05, 4.69) is 5.32 Å². The summed E-state index contributed by atoms with van der Waals surface area (Å²) in [6, 6.07) is 6.19. The monoisotopic (exact) mass is 311 g/mol. The number of rotatable bonds is 2. The summed E-state index contributed by atoms with van der Waals surface area (Å²) >= 11 is 1.19. The molecule has 1 aromatic carbocycles. The molecule has 3 nitrogen and oxygen atoms in total. The van der Waals surface area contributed by atoms with Crippen molar-refractivity contribution in [3.8, 4) is 0 Å². The summed E-state index contributed by atoms with van der Waals surface area (Å²) in [7, 11) is 0. The number of ketones is 1. The van der Waals surface area contributed by atoms with Gasteiger partial charge in [0, 0.05) is 5.69 Å². The largest absolute Gasteiger partial charge is 0.416 e. The van der Waals surface area contributed by atoms with Gasteiger partial charge in [-0.3, -0.25) is 9.59 Å². The molecule has 0 spiro atoms. The molecule has 1 aliphatic heterocycles. The Bertz CT molecular complexity index is 722. The summed E-state index contributed by atoms with van der Waals surface area (Å²) < 4.78 is 38.0. The quantitative estimate of drug-likeness (QED) is 0.679. The number of fused-ring (bicyclic) bond motifs is 1. The van der Waals surface area contributed by atoms with E-state index < -0.39 is 29.3 Å². The number of amides is 1. The molecule has 2 aromatic rings. The fraction of sp³-hybridized carbons (Fsp3) is 0.143. The van der Waals surface area contributed by atoms with E-state index in [1.165, 1.54) is 17.4 Å². The highest BCUT2D eigenvalue weighted by Crippen LogP contribution is 2.39. The normalized spacial score (nSPS) is 17.5. The number of halogens is 3. The third-order valence-corrected chi connectivity index (χ3v) is 4.12. The van der Waals surface area contributed by atoms with Crippen LogP contribution in [-0.2, 0) is 11.0 Å². The number of Topliss-reactive ketones (excluding diaryl/α,β-unsaturated/α-hetero) is 1. The lowest BCUT2D eigenvalue weighted by Gasteiger charge is -2.09. The number of thiophene rings is 1. The van der Waals surface area contributed by atoms with Gasteiger partial charge in [-0.2, -0.15) is 13.2 Å². The van der Waals surface area contributed by atoms with Crippen LogP contribution in [0.3, 0.4) is 0 Å². The van der Waals surface area contributed by atoms with Gasteiger partial charge in [0.25, 0.3) is 0 Å². The first kappa shape index (κ1) is 13.8. The third-order valence-electron chi connectivity index (χ3n) is 3.24. The molecule has 1 amide bonds. The minimum atomic E-state index is -4.49. The third kappa shape index (κ3) is 2.33. The molecule has 0 radical (unpaired) electrons. The van der Waals surface area contributed by atoms with E-state index in [1.807, 2.05) is 0 Å². The Balaban J connectivity index is 2.01. The Labute approximate surface area is 121 Å². The van der Waals surface area contributed by atoms with Gasteiger partial charge in [0.05, 0.1) is 10.4 Å². The van der Waals surface area contributed by atoms with Gasteiger partial charge >= 0.3 is 6.18 Å². The van der Waals surface area contributed by atoms with Crippen LogP contribution < -0.4 is 5.32 Å². The number of hydrogen-bond acceptors (Lipinski definition) is 3. The van der Waals surface area contributed by atoms with Gasteiger partial charge in [0.15, 0.2) is 5.78 Å². The first-order valence-corrected chi connectivity index (χ1v) is 6.85. The van der Waals surface area contributed by atoms with Gasteiger partial charge < -0.3 is 5.32 Å². The van der Waals surface area contributed by atoms with E-state index in [4.69, 9.17) is 0 Å². The lowest BCUT2D eigenvalue weighted by atomic mass is 9.94. The predicted molar refractivity (Wildman–Crippen MR) is 71.5 cm³/mol. The molecular formula is C14H8F3NO2S. The lowest BCUT2D eigenvalue weighted by molar-refractivity contribution is -0.137. The molecule has 1 unspecified atom stereocenters. The van der Waals surface area contributed by atoms with E-state index in [1.54, 1.807) is 17.5 Å². The maximum Gasteiger partial charge on any atom is 0.416 e. The molecule has 0 saturated carbocycles. The number of carbonyl (C=O) groups is 2. The summed E-state index contributed by atoms with van der Waals surface area (Å²) in [5, 5.41) is 4.05. The van der Waals surface area contributed by atoms with E-state index in [9.17, 15) is 22.8 Å². The van der Waals surface area contributed by atoms with Crippen LogP contribution in [-0.4, -0.2) is 11.7 Å². The molecule has 1 N–H and O–H groups in total. The topological polar surface area (TPSA) is 46.2 Å². The highest BCUT2D eigenvalue weighted by atomic mass is 32.1. The molecule has 0 saturated heterocycles. The van der Waals surface area contributed by atoms with Crippen molar-refractivity contribution in [3.63, 3.8) is 0 Å². The molecule has 108 valence electrons. The Morgan fingerprint density at radius 1 is 1.24 bits per heavy atom. The highest BCUT2D eigenvalue weighted by Gasteiger charge is 2.39. The number of benzene rings is 1. The molecule has 7 heteroatoms. The van der Waals surface area contributed by atoms with Crippen LogP contribution in [0.1, 0.15) is 26.7 Å². The Morgan fingerprint density at radius 2 is 2.00 bits per heavy atom. The number of carbonyl (C=O) groups excluding carboxylic acids is 2. The minimum absolute atomic E-state index is 0.0460. The molecule has 3 rings (SSSR count). The average Bonchev–Trinajstić information content (AvgIpc) is 3.02. The smallest absolute Gasteiger partial charge is 0.325 e. The standard InChI is InChI=1S/C14H8F3NO2S/c15-14(16,17)7-3-4-8-9(6-7)18-13(20)11(8)12(19)10-2-1-5-21-10/h1-6,11H,(H,18,20). The van der Waals surface area contributed by atoms with Crippen LogP contribution in [0.5, 0.6) is 0 Å². The first-order chi connectivity index (χ1) is 9.88. The van der Waals surface area contributed by atoms with Crippen LogP contribution in [0, 0.1) is 0 Å². The number of hydrogen-bond donors (Lipinski definition) is 1. The van der Waals surface area contributed by atoms with Gasteiger partial charge in [-0.1, -0.05) is 12.1 Å². The highest BCUT2D eigenvalue weighted by molar-refractivity contribution is 7.12. The number of alkyl halides is 3. The average molecular weight is 311 g/mol. The van der Waals surface area contributed by atoms with Crippen molar-refractivity contribution < 1.29 is 22.8 Å². The summed E-state index contributed by atoms with van der Waals surface area (Å²) in [5.74, 6) is -2.08. The van der Waals surface area contributed by atoms with Crippen molar-refractivity contribution in [1.29, 1.82) is 0 Å². The van der Waals surface area contributed by atoms with Crippen LogP contribution in [0.15, 0.2) is 35.7 Å². The maximum absolute atomic E-state index is 12.7. The van der Waals surface area contributed by atoms with E-state index in [-0.39, 0.29) is 11.3 Å². The van der Waals surface area contributed by atoms with E-state index in [0.29, 0.717) is 4.88 Å². The number of nitrogens with one attached hydrogen (secondary N) is 1. The zero-order valence-electron chi connectivity index (χ0n) is 10.4. The van der Waals surface area contributed by atoms with Crippen molar-refractivity contribution in [2.24, 2.45) is 0 Å². The van der Waals surface area contributed by atoms with E-state index >= 15 is 0 Å². The molecule has 0 aliphatic carbocycles. The first-order valence-electron chi connectivity index (χ1n) is 5.97. The second-order valence-electron chi connectivity index (χ2n) is 4.56. The fourth-order valence-corrected chi connectivity index (χ4v) is 2.95. The molecule has 21 heavy (non-hydrogen) atoms. The van der Waals surface area contributed by atoms with E-state index in [0.717, 1.165) is 12.1 Å². The molecule has 0 bridgehead atoms. The summed E-state index contributed by atoms with van der Waals surface area (Å²) in [5.41, 5.74) is -0.526. The van der Waals surface area contributed by atoms with Gasteiger partial charge in [-0.25, -0.2) is 0 Å². The second-order valence-corrected chi connectivity index (χ2v) is 5.51. The predicted octanol–water partition coefficient (Wildman–Crippen LogP) is 3.69. The molecular weight excluding hydrogens is 303 g/mol. The van der Waals surface area contributed by atoms with Crippen molar-refractivity contribution in [2.45, 2.75) is 12.1 Å². The SMILES string of the molecule is O=C1Nc2cc(C(F)(F)F)ccc2C1C(=O)c1cccs1. The zero-order valence-corrected chi connectivity index (χ0v) is 11.2. The van der Waals surface area contributed by atoms with Crippen molar-refractivity contribution in [2.75, 3.05) is 5.32 Å². The summed E-state index contributed by atoms with van der Waals surface area (Å²) in [6.45, 7) is 0. The van der Waals surface area contributed by atoms with Crippen molar-refractivity contribution >= 4 is 28.7 Å². The van der Waals surface area contributed by atoms with Gasteiger partial charge in [-0.15, -0.1) is 11.3 Å². The fourth-order valence-electron chi connectivity index (χ4n) is 2.26. The molecule has 0 fully saturated rings. The zero-order chi connectivity index (χ0) is 15.2. The Hall–Kier alpha value is -2.15. The molecule has 1 aliphatic rings. The van der Waals surface area contributed by atoms with Gasteiger partial charge in [-0.05, 0) is 29.1 Å². The summed E-state index contributed by atoms with van der Waals surface area (Å²) in [6.07, 6.45) is -4.49. The van der Waals surface area contributed by atoms with Crippen LogP contribution in [0.2, 0.25) is 0 Å². The van der Waals surface area contributed by atoms with Gasteiger partial charge in [0.2, 0.25) is 5.91 Å². The Morgan fingerprint density at radius 3 is 2.62 bits per heavy atom. The van der Waals surface area contributed by atoms with Crippen LogP contribution in [0.4, 0.5) is 18.9 Å². The van der Waals surface area contributed by atoms with Crippen molar-refractivity contribution in [1.82, 2.24) is 0 Å². The van der Waals surface area contributed by atoms with Crippen molar-refractivity contribution in [3.05, 3.63) is 51.7 Å². The lowest BCUT2D eigenvalue weighted by Crippen LogP contribution is -2.20. The van der Waals surface area contributed by atoms with Gasteiger partial charge in [0.1, 0.15) is 5.92 Å². The second kappa shape index (κ2) is 4.70. The number of anilines is 1. The summed E-state index contributed by atoms with van der Waals surface area (Å²) in [4.78, 5) is 24.6. The molecule has 1 atom stereocenters. The van der Waals surface area contributed by atoms with Crippen LogP contribution in [0.25, 0.3) is 0 Å². The minimum Gasteiger partial charge on any atom is -0.325 e. The van der Waals surface area contributed by atoms with Crippen LogP contribution >= 0.6 is 11.3 Å². The maximum atomic E-state index is 12.7. The Kier molecular flexibility index (Phi) is 3.09.